The number of hydrogen-bond donors (Lipinski definition) is 1. The van der Waals surface area contributed by atoms with E-state index in [9.17, 15) is 9.59 Å². The van der Waals surface area contributed by atoms with Gasteiger partial charge < -0.3 is 28.8 Å². The fraction of sp³-hybridized carbons (Fsp3) is 0.706. The van der Waals surface area contributed by atoms with Crippen molar-refractivity contribution in [3.05, 3.63) is 16.6 Å². The zero-order valence-electron chi connectivity index (χ0n) is 15.8. The molecule has 2 aliphatic heterocycles. The van der Waals surface area contributed by atoms with Gasteiger partial charge in [0.1, 0.15) is 28.2 Å². The van der Waals surface area contributed by atoms with Gasteiger partial charge in [-0.1, -0.05) is 0 Å². The van der Waals surface area contributed by atoms with Gasteiger partial charge in [0, 0.05) is 19.7 Å². The van der Waals surface area contributed by atoms with Crippen molar-refractivity contribution < 1.29 is 28.9 Å². The highest BCUT2D eigenvalue weighted by Gasteiger charge is 2.60. The lowest BCUT2D eigenvalue weighted by molar-refractivity contribution is -0.151. The lowest BCUT2D eigenvalue weighted by Crippen LogP contribution is -2.64. The molecule has 3 heterocycles. The average Bonchev–Trinajstić information content (AvgIpc) is 3.03. The zero-order valence-corrected chi connectivity index (χ0v) is 17.4. The van der Waals surface area contributed by atoms with Crippen molar-refractivity contribution >= 4 is 28.0 Å². The second kappa shape index (κ2) is 6.75. The Balaban J connectivity index is 1.75. The largest absolute Gasteiger partial charge is 0.480 e. The zero-order chi connectivity index (χ0) is 20.0. The molecule has 0 bridgehead atoms. The quantitative estimate of drug-likeness (QED) is 0.754. The van der Waals surface area contributed by atoms with Crippen LogP contribution in [0.2, 0.25) is 0 Å². The van der Waals surface area contributed by atoms with Gasteiger partial charge in [0.15, 0.2) is 5.60 Å². The molecule has 1 amide bonds. The Morgan fingerprint density at radius 2 is 2.07 bits per heavy atom. The average molecular weight is 446 g/mol. The molecule has 0 aromatic carbocycles. The molecule has 3 rings (SSSR count). The predicted molar refractivity (Wildman–Crippen MR) is 97.3 cm³/mol. The third-order valence-corrected chi connectivity index (χ3v) is 4.94. The first-order valence-corrected chi connectivity index (χ1v) is 9.40. The van der Waals surface area contributed by atoms with Gasteiger partial charge in [0.25, 0.3) is 0 Å². The first kappa shape index (κ1) is 20.1. The SMILES string of the molecule is Cn1cc(Br)nc1C1(OCC(=O)O)COC2(CN(C(=O)OC(C)(C)C)C2)C1. The molecule has 2 aliphatic rings. The molecular formula is C17H24BrN3O6. The fourth-order valence-electron chi connectivity index (χ4n) is 3.55. The monoisotopic (exact) mass is 445 g/mol. The van der Waals surface area contributed by atoms with Gasteiger partial charge in [0.2, 0.25) is 0 Å². The number of carbonyl (C=O) groups excluding carboxylic acids is 1. The number of carboxylic acids is 1. The molecule has 10 heteroatoms. The van der Waals surface area contributed by atoms with E-state index in [2.05, 4.69) is 20.9 Å². The summed E-state index contributed by atoms with van der Waals surface area (Å²) in [6, 6.07) is 0. The summed E-state index contributed by atoms with van der Waals surface area (Å²) in [6.07, 6.45) is 1.80. The summed E-state index contributed by atoms with van der Waals surface area (Å²) in [6.45, 7) is 5.89. The molecule has 1 unspecified atom stereocenters. The van der Waals surface area contributed by atoms with Crippen molar-refractivity contribution in [2.75, 3.05) is 26.3 Å². The molecular weight excluding hydrogens is 422 g/mol. The number of carboxylic acid groups (broad SMARTS) is 1. The number of likely N-dealkylation sites (tertiary alicyclic amines) is 1. The van der Waals surface area contributed by atoms with Crippen molar-refractivity contribution in [1.82, 2.24) is 14.5 Å². The number of imidazole rings is 1. The highest BCUT2D eigenvalue weighted by Crippen LogP contribution is 2.47. The number of hydrogen-bond acceptors (Lipinski definition) is 6. The third kappa shape index (κ3) is 4.12. The number of aromatic nitrogens is 2. The van der Waals surface area contributed by atoms with Crippen molar-refractivity contribution in [3.63, 3.8) is 0 Å². The number of nitrogens with zero attached hydrogens (tertiary/aromatic N) is 3. The van der Waals surface area contributed by atoms with Crippen molar-refractivity contribution in [2.24, 2.45) is 7.05 Å². The molecule has 1 aromatic rings. The molecule has 1 N–H and O–H groups in total. The van der Waals surface area contributed by atoms with Crippen LogP contribution in [0.25, 0.3) is 0 Å². The third-order valence-electron chi connectivity index (χ3n) is 4.56. The number of carbonyl (C=O) groups is 2. The Hall–Kier alpha value is -1.65. The van der Waals surface area contributed by atoms with Crippen LogP contribution in [-0.4, -0.2) is 69.1 Å². The number of halogens is 1. The van der Waals surface area contributed by atoms with Crippen LogP contribution in [0.3, 0.4) is 0 Å². The van der Waals surface area contributed by atoms with Crippen LogP contribution in [0.15, 0.2) is 10.8 Å². The number of aryl methyl sites for hydroxylation is 1. The maximum absolute atomic E-state index is 12.2. The van der Waals surface area contributed by atoms with Gasteiger partial charge in [-0.05, 0) is 36.7 Å². The summed E-state index contributed by atoms with van der Waals surface area (Å²) >= 11 is 3.34. The van der Waals surface area contributed by atoms with E-state index in [4.69, 9.17) is 19.3 Å². The van der Waals surface area contributed by atoms with Gasteiger partial charge in [0.05, 0.1) is 19.7 Å². The second-order valence-electron chi connectivity index (χ2n) is 8.16. The molecule has 2 saturated heterocycles. The predicted octanol–water partition coefficient (Wildman–Crippen LogP) is 1.89. The molecule has 27 heavy (non-hydrogen) atoms. The molecule has 0 radical (unpaired) electrons. The summed E-state index contributed by atoms with van der Waals surface area (Å²) < 4.78 is 19.6. The molecule has 1 aromatic heterocycles. The molecule has 9 nitrogen and oxygen atoms in total. The van der Waals surface area contributed by atoms with E-state index in [1.165, 1.54) is 0 Å². The molecule has 150 valence electrons. The van der Waals surface area contributed by atoms with Crippen LogP contribution < -0.4 is 0 Å². The molecule has 1 atom stereocenters. The summed E-state index contributed by atoms with van der Waals surface area (Å²) in [5.41, 5.74) is -2.14. The lowest BCUT2D eigenvalue weighted by atomic mass is 9.84. The van der Waals surface area contributed by atoms with Crippen LogP contribution in [-0.2, 0) is 31.7 Å². The van der Waals surface area contributed by atoms with Gasteiger partial charge in [-0.3, -0.25) is 0 Å². The topological polar surface area (TPSA) is 103 Å². The minimum atomic E-state index is -1.06. The first-order valence-electron chi connectivity index (χ1n) is 8.61. The van der Waals surface area contributed by atoms with E-state index in [0.29, 0.717) is 29.9 Å². The van der Waals surface area contributed by atoms with E-state index in [-0.39, 0.29) is 12.7 Å². The highest BCUT2D eigenvalue weighted by molar-refractivity contribution is 9.10. The van der Waals surface area contributed by atoms with Crippen LogP contribution in [0.1, 0.15) is 33.0 Å². The van der Waals surface area contributed by atoms with E-state index in [0.717, 1.165) is 0 Å². The second-order valence-corrected chi connectivity index (χ2v) is 8.97. The Kier molecular flexibility index (Phi) is 5.02. The summed E-state index contributed by atoms with van der Waals surface area (Å²) in [5.74, 6) is -0.476. The van der Waals surface area contributed by atoms with E-state index in [1.54, 1.807) is 15.7 Å². The molecule has 0 saturated carbocycles. The Labute approximate surface area is 165 Å². The minimum absolute atomic E-state index is 0.166. The standard InChI is InChI=1S/C17H24BrN3O6/c1-15(2,3)27-14(24)21-8-16(9-21)7-17(10-26-16,25-6-12(22)23)13-19-11(18)5-20(13)4/h5H,6-10H2,1-4H3,(H,22,23). The summed E-state index contributed by atoms with van der Waals surface area (Å²) in [5, 5.41) is 9.06. The van der Waals surface area contributed by atoms with Crippen LogP contribution in [0, 0.1) is 0 Å². The van der Waals surface area contributed by atoms with Gasteiger partial charge in [-0.25, -0.2) is 14.6 Å². The fourth-order valence-corrected chi connectivity index (χ4v) is 4.03. The van der Waals surface area contributed by atoms with Crippen LogP contribution in [0.4, 0.5) is 4.79 Å². The van der Waals surface area contributed by atoms with Crippen LogP contribution in [0.5, 0.6) is 0 Å². The summed E-state index contributed by atoms with van der Waals surface area (Å²) in [4.78, 5) is 29.3. The maximum atomic E-state index is 12.2. The van der Waals surface area contributed by atoms with Crippen LogP contribution >= 0.6 is 15.9 Å². The number of ether oxygens (including phenoxy) is 3. The van der Waals surface area contributed by atoms with Gasteiger partial charge >= 0.3 is 12.1 Å². The molecule has 2 fully saturated rings. The summed E-state index contributed by atoms with van der Waals surface area (Å²) in [7, 11) is 1.82. The Bertz CT molecular complexity index is 752. The van der Waals surface area contributed by atoms with Crippen molar-refractivity contribution in [1.29, 1.82) is 0 Å². The van der Waals surface area contributed by atoms with E-state index in [1.807, 2.05) is 27.8 Å². The van der Waals surface area contributed by atoms with Gasteiger partial charge in [-0.15, -0.1) is 0 Å². The number of rotatable bonds is 4. The van der Waals surface area contributed by atoms with Gasteiger partial charge in [-0.2, -0.15) is 0 Å². The highest BCUT2D eigenvalue weighted by atomic mass is 79.9. The van der Waals surface area contributed by atoms with Crippen molar-refractivity contribution in [2.45, 2.75) is 44.0 Å². The Morgan fingerprint density at radius 1 is 1.41 bits per heavy atom. The first-order chi connectivity index (χ1) is 12.4. The number of amides is 1. The minimum Gasteiger partial charge on any atom is -0.480 e. The smallest absolute Gasteiger partial charge is 0.410 e. The van der Waals surface area contributed by atoms with Crippen molar-refractivity contribution in [3.8, 4) is 0 Å². The normalized spacial score (nSPS) is 24.1. The molecule has 0 aliphatic carbocycles. The maximum Gasteiger partial charge on any atom is 0.410 e. The Morgan fingerprint density at radius 3 is 2.59 bits per heavy atom. The lowest BCUT2D eigenvalue weighted by Gasteiger charge is -2.47. The van der Waals surface area contributed by atoms with E-state index < -0.39 is 29.4 Å². The molecule has 1 spiro atoms. The number of aliphatic carboxylic acids is 1. The van der Waals surface area contributed by atoms with E-state index >= 15 is 0 Å².